The molecule has 4 nitrogen and oxygen atoms in total. The molecule has 2 saturated carbocycles. The van der Waals surface area contributed by atoms with E-state index >= 15 is 0 Å². The van der Waals surface area contributed by atoms with Crippen molar-refractivity contribution >= 4 is 22.8 Å². The van der Waals surface area contributed by atoms with Crippen molar-refractivity contribution in [1.29, 1.82) is 0 Å². The second-order valence-corrected chi connectivity index (χ2v) is 6.97. The summed E-state index contributed by atoms with van der Waals surface area (Å²) in [7, 11) is 0. The molecular formula is C14H23N3OS. The largest absolute Gasteiger partial charge is 0.359 e. The van der Waals surface area contributed by atoms with Crippen LogP contribution in [0.2, 0.25) is 0 Å². The lowest BCUT2D eigenvalue weighted by atomic mass is 9.83. The summed E-state index contributed by atoms with van der Waals surface area (Å²) in [6.07, 6.45) is 8.79. The molecule has 3 rings (SSSR count). The molecule has 0 aromatic heterocycles. The van der Waals surface area contributed by atoms with Gasteiger partial charge in [0.1, 0.15) is 0 Å². The average molecular weight is 281 g/mol. The number of carbonyl (C=O) groups is 1. The van der Waals surface area contributed by atoms with Gasteiger partial charge in [-0.1, -0.05) is 31.0 Å². The Hall–Kier alpha value is -0.710. The zero-order valence-corrected chi connectivity index (χ0v) is 12.2. The second-order valence-electron chi connectivity index (χ2n) is 6.01. The molecule has 1 saturated heterocycles. The summed E-state index contributed by atoms with van der Waals surface area (Å²) in [6.45, 7) is 1.37. The number of nitrogens with one attached hydrogen (secondary N) is 2. The van der Waals surface area contributed by atoms with Crippen molar-refractivity contribution < 1.29 is 4.79 Å². The van der Waals surface area contributed by atoms with Crippen LogP contribution in [0, 0.1) is 5.92 Å². The van der Waals surface area contributed by atoms with E-state index in [9.17, 15) is 4.79 Å². The van der Waals surface area contributed by atoms with Crippen LogP contribution in [0.4, 0.5) is 0 Å². The molecule has 2 aliphatic carbocycles. The molecule has 0 bridgehead atoms. The first-order chi connectivity index (χ1) is 9.27. The van der Waals surface area contributed by atoms with E-state index in [0.29, 0.717) is 24.5 Å². The lowest BCUT2D eigenvalue weighted by molar-refractivity contribution is -0.122. The Kier molecular flexibility index (Phi) is 4.01. The van der Waals surface area contributed by atoms with Crippen molar-refractivity contribution in [3.8, 4) is 0 Å². The van der Waals surface area contributed by atoms with E-state index in [0.717, 1.165) is 18.0 Å². The monoisotopic (exact) mass is 281 g/mol. The molecule has 1 heterocycles. The molecule has 0 atom stereocenters. The van der Waals surface area contributed by atoms with E-state index in [1.54, 1.807) is 0 Å². The van der Waals surface area contributed by atoms with Crippen LogP contribution in [0.1, 0.15) is 44.9 Å². The zero-order valence-electron chi connectivity index (χ0n) is 11.4. The number of carbonyl (C=O) groups excluding carboxylic acids is 1. The number of nitrogens with zero attached hydrogens (tertiary/aromatic N) is 1. The first-order valence-corrected chi connectivity index (χ1v) is 8.49. The Morgan fingerprint density at radius 3 is 2.89 bits per heavy atom. The predicted octanol–water partition coefficient (Wildman–Crippen LogP) is 1.91. The number of hydrogen-bond acceptors (Lipinski definition) is 3. The molecule has 0 aromatic rings. The highest BCUT2D eigenvalue weighted by Crippen LogP contribution is 2.36. The summed E-state index contributed by atoms with van der Waals surface area (Å²) in [6, 6.07) is 0. The Labute approximate surface area is 119 Å². The second kappa shape index (κ2) is 5.73. The SMILES string of the molecule is O=C(NCCN=C1NC2(CCCCC2)CS1)C1CC1. The Morgan fingerprint density at radius 2 is 2.16 bits per heavy atom. The van der Waals surface area contributed by atoms with Gasteiger partial charge in [-0.3, -0.25) is 9.79 Å². The molecule has 3 fully saturated rings. The van der Waals surface area contributed by atoms with Crippen molar-refractivity contribution in [3.05, 3.63) is 0 Å². The first kappa shape index (κ1) is 13.3. The van der Waals surface area contributed by atoms with Gasteiger partial charge in [0, 0.05) is 23.8 Å². The standard InChI is InChI=1S/C14H23N3OS/c18-12(11-4-5-11)15-8-9-16-13-17-14(10-19-13)6-2-1-3-7-14/h11H,1-10H2,(H,15,18)(H,16,17). The quantitative estimate of drug-likeness (QED) is 0.774. The molecule has 0 radical (unpaired) electrons. The Balaban J connectivity index is 1.40. The number of rotatable bonds is 4. The zero-order chi connectivity index (χ0) is 13.1. The van der Waals surface area contributed by atoms with Crippen molar-refractivity contribution in [2.45, 2.75) is 50.5 Å². The highest BCUT2D eigenvalue weighted by molar-refractivity contribution is 8.14. The third-order valence-corrected chi connectivity index (χ3v) is 5.48. The number of hydrogen-bond donors (Lipinski definition) is 2. The van der Waals surface area contributed by atoms with Gasteiger partial charge in [0.05, 0.1) is 6.54 Å². The van der Waals surface area contributed by atoms with Crippen molar-refractivity contribution in [3.63, 3.8) is 0 Å². The minimum atomic E-state index is 0.219. The van der Waals surface area contributed by atoms with Gasteiger partial charge in [0.2, 0.25) is 5.91 Å². The molecule has 1 aliphatic heterocycles. The molecule has 1 amide bonds. The van der Waals surface area contributed by atoms with Gasteiger partial charge in [-0.2, -0.15) is 0 Å². The summed E-state index contributed by atoms with van der Waals surface area (Å²) in [4.78, 5) is 16.0. The van der Waals surface area contributed by atoms with Crippen LogP contribution in [0.15, 0.2) is 4.99 Å². The van der Waals surface area contributed by atoms with Gasteiger partial charge < -0.3 is 10.6 Å². The van der Waals surface area contributed by atoms with E-state index in [-0.39, 0.29) is 5.91 Å². The summed E-state index contributed by atoms with van der Waals surface area (Å²) in [5, 5.41) is 7.67. The third kappa shape index (κ3) is 3.44. The third-order valence-electron chi connectivity index (χ3n) is 4.28. The smallest absolute Gasteiger partial charge is 0.223 e. The molecule has 0 aromatic carbocycles. The fraction of sp³-hybridized carbons (Fsp3) is 0.857. The summed E-state index contributed by atoms with van der Waals surface area (Å²) >= 11 is 1.85. The summed E-state index contributed by atoms with van der Waals surface area (Å²) in [5.74, 6) is 1.69. The minimum Gasteiger partial charge on any atom is -0.359 e. The van der Waals surface area contributed by atoms with Gasteiger partial charge in [-0.15, -0.1) is 0 Å². The van der Waals surface area contributed by atoms with E-state index in [1.165, 1.54) is 37.9 Å². The average Bonchev–Trinajstić information content (AvgIpc) is 3.21. The molecule has 5 heteroatoms. The van der Waals surface area contributed by atoms with Crippen LogP contribution in [-0.2, 0) is 4.79 Å². The highest BCUT2D eigenvalue weighted by Gasteiger charge is 2.37. The maximum Gasteiger partial charge on any atom is 0.223 e. The predicted molar refractivity (Wildman–Crippen MR) is 79.4 cm³/mol. The number of aliphatic imine (C=N–C) groups is 1. The van der Waals surface area contributed by atoms with Crippen LogP contribution >= 0.6 is 11.8 Å². The van der Waals surface area contributed by atoms with Crippen molar-refractivity contribution in [1.82, 2.24) is 10.6 Å². The molecule has 0 unspecified atom stereocenters. The van der Waals surface area contributed by atoms with Crippen molar-refractivity contribution in [2.75, 3.05) is 18.8 Å². The summed E-state index contributed by atoms with van der Waals surface area (Å²) in [5.41, 5.74) is 0.332. The van der Waals surface area contributed by atoms with Crippen LogP contribution in [0.25, 0.3) is 0 Å². The van der Waals surface area contributed by atoms with Crippen LogP contribution < -0.4 is 10.6 Å². The number of amidine groups is 1. The van der Waals surface area contributed by atoms with Crippen LogP contribution in [-0.4, -0.2) is 35.5 Å². The van der Waals surface area contributed by atoms with Gasteiger partial charge in [0.25, 0.3) is 0 Å². The van der Waals surface area contributed by atoms with E-state index < -0.39 is 0 Å². The maximum atomic E-state index is 11.5. The number of thioether (sulfide) groups is 1. The van der Waals surface area contributed by atoms with E-state index in [1.807, 2.05) is 11.8 Å². The molecule has 3 aliphatic rings. The van der Waals surface area contributed by atoms with Gasteiger partial charge in [-0.05, 0) is 25.7 Å². The Bertz CT molecular complexity index is 373. The normalized spacial score (nSPS) is 27.5. The fourth-order valence-corrected chi connectivity index (χ4v) is 4.16. The van der Waals surface area contributed by atoms with E-state index in [2.05, 4.69) is 15.6 Å². The first-order valence-electron chi connectivity index (χ1n) is 7.51. The maximum absolute atomic E-state index is 11.5. The fourth-order valence-electron chi connectivity index (χ4n) is 2.91. The molecule has 1 spiro atoms. The lowest BCUT2D eigenvalue weighted by Gasteiger charge is -2.32. The van der Waals surface area contributed by atoms with Crippen LogP contribution in [0.5, 0.6) is 0 Å². The highest BCUT2D eigenvalue weighted by atomic mass is 32.2. The molecule has 2 N–H and O–H groups in total. The molecule has 19 heavy (non-hydrogen) atoms. The topological polar surface area (TPSA) is 53.5 Å². The van der Waals surface area contributed by atoms with Gasteiger partial charge in [-0.25, -0.2) is 0 Å². The van der Waals surface area contributed by atoms with Gasteiger partial charge in [0.15, 0.2) is 5.17 Å². The van der Waals surface area contributed by atoms with Crippen molar-refractivity contribution in [2.24, 2.45) is 10.9 Å². The van der Waals surface area contributed by atoms with E-state index in [4.69, 9.17) is 0 Å². The molecular weight excluding hydrogens is 258 g/mol. The minimum absolute atomic E-state index is 0.219. The molecule has 106 valence electrons. The van der Waals surface area contributed by atoms with Crippen LogP contribution in [0.3, 0.4) is 0 Å². The van der Waals surface area contributed by atoms with Gasteiger partial charge >= 0.3 is 0 Å². The lowest BCUT2D eigenvalue weighted by Crippen LogP contribution is -2.45. The summed E-state index contributed by atoms with van der Waals surface area (Å²) < 4.78 is 0. The number of amides is 1. The Morgan fingerprint density at radius 1 is 1.37 bits per heavy atom.